The highest BCUT2D eigenvalue weighted by molar-refractivity contribution is 7.13. The molecule has 84 valence electrons. The molecule has 2 amide bonds. The summed E-state index contributed by atoms with van der Waals surface area (Å²) in [6, 6.07) is -0.0656. The highest BCUT2D eigenvalue weighted by atomic mass is 32.1. The smallest absolute Gasteiger partial charge is 0.321 e. The van der Waals surface area contributed by atoms with E-state index in [1.54, 1.807) is 0 Å². The molecule has 1 heterocycles. The molecule has 4 nitrogen and oxygen atoms in total. The van der Waals surface area contributed by atoms with Crippen LogP contribution in [0.5, 0.6) is 0 Å². The van der Waals surface area contributed by atoms with Gasteiger partial charge in [-0.05, 0) is 19.8 Å². The van der Waals surface area contributed by atoms with Crippen LogP contribution in [0.4, 0.5) is 9.93 Å². The molecule has 0 aliphatic carbocycles. The Bertz CT molecular complexity index is 333. The SMILES string of the molecule is CC(C)NC(=O)Nc1nc(C(C)C)cs1. The Morgan fingerprint density at radius 3 is 2.53 bits per heavy atom. The molecule has 0 aromatic carbocycles. The number of urea groups is 1. The standard InChI is InChI=1S/C10H17N3OS/c1-6(2)8-5-15-10(12-8)13-9(14)11-7(3)4/h5-7H,1-4H3,(H2,11,12,13,14). The van der Waals surface area contributed by atoms with E-state index in [4.69, 9.17) is 0 Å². The minimum Gasteiger partial charge on any atom is -0.336 e. The number of anilines is 1. The van der Waals surface area contributed by atoms with Gasteiger partial charge in [0.1, 0.15) is 0 Å². The summed E-state index contributed by atoms with van der Waals surface area (Å²) < 4.78 is 0. The van der Waals surface area contributed by atoms with Crippen LogP contribution >= 0.6 is 11.3 Å². The van der Waals surface area contributed by atoms with Crippen molar-refractivity contribution in [1.82, 2.24) is 10.3 Å². The van der Waals surface area contributed by atoms with Gasteiger partial charge in [-0.1, -0.05) is 13.8 Å². The van der Waals surface area contributed by atoms with Crippen LogP contribution in [-0.4, -0.2) is 17.1 Å². The maximum Gasteiger partial charge on any atom is 0.321 e. The fourth-order valence-electron chi connectivity index (χ4n) is 1.00. The average Bonchev–Trinajstić information content (AvgIpc) is 2.50. The highest BCUT2D eigenvalue weighted by Gasteiger charge is 2.08. The lowest BCUT2D eigenvalue weighted by Crippen LogP contribution is -2.34. The second-order valence-electron chi connectivity index (χ2n) is 3.99. The first-order valence-electron chi connectivity index (χ1n) is 5.02. The van der Waals surface area contributed by atoms with E-state index in [9.17, 15) is 4.79 Å². The zero-order valence-corrected chi connectivity index (χ0v) is 10.3. The molecule has 0 atom stereocenters. The number of hydrogen-bond donors (Lipinski definition) is 2. The monoisotopic (exact) mass is 227 g/mol. The number of rotatable bonds is 3. The Morgan fingerprint density at radius 1 is 1.40 bits per heavy atom. The number of thiazole rings is 1. The van der Waals surface area contributed by atoms with E-state index in [0.717, 1.165) is 5.69 Å². The van der Waals surface area contributed by atoms with Gasteiger partial charge in [0.05, 0.1) is 5.69 Å². The Hall–Kier alpha value is -1.10. The first-order chi connectivity index (χ1) is 6.99. The van der Waals surface area contributed by atoms with Crippen LogP contribution in [0.1, 0.15) is 39.3 Å². The van der Waals surface area contributed by atoms with Crippen molar-refractivity contribution in [2.24, 2.45) is 0 Å². The van der Waals surface area contributed by atoms with Crippen molar-refractivity contribution < 1.29 is 4.79 Å². The van der Waals surface area contributed by atoms with Gasteiger partial charge in [0, 0.05) is 11.4 Å². The summed E-state index contributed by atoms with van der Waals surface area (Å²) in [4.78, 5) is 15.7. The molecular weight excluding hydrogens is 210 g/mol. The summed E-state index contributed by atoms with van der Waals surface area (Å²) >= 11 is 1.45. The predicted octanol–water partition coefficient (Wildman–Crippen LogP) is 2.80. The van der Waals surface area contributed by atoms with E-state index in [-0.39, 0.29) is 12.1 Å². The predicted molar refractivity (Wildman–Crippen MR) is 63.5 cm³/mol. The fraction of sp³-hybridized carbons (Fsp3) is 0.600. The second kappa shape index (κ2) is 5.11. The molecule has 0 unspecified atom stereocenters. The number of hydrogen-bond acceptors (Lipinski definition) is 3. The van der Waals surface area contributed by atoms with Crippen molar-refractivity contribution in [3.8, 4) is 0 Å². The van der Waals surface area contributed by atoms with Gasteiger partial charge < -0.3 is 5.32 Å². The summed E-state index contributed by atoms with van der Waals surface area (Å²) in [7, 11) is 0. The largest absolute Gasteiger partial charge is 0.336 e. The van der Waals surface area contributed by atoms with Crippen LogP contribution in [0.3, 0.4) is 0 Å². The first kappa shape index (κ1) is 12.0. The van der Waals surface area contributed by atoms with Crippen LogP contribution < -0.4 is 10.6 Å². The van der Waals surface area contributed by atoms with Gasteiger partial charge in [-0.2, -0.15) is 0 Å². The normalized spacial score (nSPS) is 10.8. The molecule has 0 aliphatic heterocycles. The Labute approximate surface area is 94.1 Å². The van der Waals surface area contributed by atoms with Gasteiger partial charge in [-0.25, -0.2) is 9.78 Å². The minimum absolute atomic E-state index is 0.134. The highest BCUT2D eigenvalue weighted by Crippen LogP contribution is 2.21. The third-order valence-corrected chi connectivity index (χ3v) is 2.53. The van der Waals surface area contributed by atoms with E-state index in [1.165, 1.54) is 11.3 Å². The van der Waals surface area contributed by atoms with Crippen molar-refractivity contribution >= 4 is 22.5 Å². The first-order valence-corrected chi connectivity index (χ1v) is 5.90. The lowest BCUT2D eigenvalue weighted by atomic mass is 10.2. The molecule has 2 N–H and O–H groups in total. The van der Waals surface area contributed by atoms with Crippen LogP contribution in [0.25, 0.3) is 0 Å². The molecule has 1 rings (SSSR count). The van der Waals surface area contributed by atoms with Crippen LogP contribution in [-0.2, 0) is 0 Å². The molecular formula is C10H17N3OS. The topological polar surface area (TPSA) is 54.0 Å². The van der Waals surface area contributed by atoms with Crippen LogP contribution in [0, 0.1) is 0 Å². The summed E-state index contributed by atoms with van der Waals surface area (Å²) in [5, 5.41) is 8.07. The van der Waals surface area contributed by atoms with Crippen LogP contribution in [0.2, 0.25) is 0 Å². The van der Waals surface area contributed by atoms with E-state index in [0.29, 0.717) is 11.0 Å². The lowest BCUT2D eigenvalue weighted by Gasteiger charge is -2.07. The minimum atomic E-state index is -0.199. The number of nitrogens with one attached hydrogen (secondary N) is 2. The summed E-state index contributed by atoms with van der Waals surface area (Å²) in [6.07, 6.45) is 0. The van der Waals surface area contributed by atoms with E-state index >= 15 is 0 Å². The molecule has 0 aliphatic rings. The third-order valence-electron chi connectivity index (χ3n) is 1.75. The molecule has 1 aromatic rings. The molecule has 0 saturated heterocycles. The van der Waals surface area contributed by atoms with Crippen molar-refractivity contribution in [2.75, 3.05) is 5.32 Å². The zero-order chi connectivity index (χ0) is 11.4. The van der Waals surface area contributed by atoms with E-state index in [2.05, 4.69) is 29.5 Å². The summed E-state index contributed by atoms with van der Waals surface area (Å²) in [6.45, 7) is 7.99. The molecule has 0 radical (unpaired) electrons. The van der Waals surface area contributed by atoms with Gasteiger partial charge in [0.2, 0.25) is 0 Å². The Kier molecular flexibility index (Phi) is 4.08. The maximum atomic E-state index is 11.3. The van der Waals surface area contributed by atoms with Crippen LogP contribution in [0.15, 0.2) is 5.38 Å². The molecule has 5 heteroatoms. The second-order valence-corrected chi connectivity index (χ2v) is 4.84. The summed E-state index contributed by atoms with van der Waals surface area (Å²) in [5.74, 6) is 0.393. The van der Waals surface area contributed by atoms with Gasteiger partial charge in [-0.15, -0.1) is 11.3 Å². The molecule has 0 fully saturated rings. The molecule has 1 aromatic heterocycles. The van der Waals surface area contributed by atoms with Gasteiger partial charge in [0.15, 0.2) is 5.13 Å². The van der Waals surface area contributed by atoms with Crippen molar-refractivity contribution in [1.29, 1.82) is 0 Å². The zero-order valence-electron chi connectivity index (χ0n) is 9.50. The number of carbonyl (C=O) groups is 1. The Morgan fingerprint density at radius 2 is 2.07 bits per heavy atom. The molecule has 0 saturated carbocycles. The number of amides is 2. The number of aromatic nitrogens is 1. The third kappa shape index (κ3) is 3.87. The Balaban J connectivity index is 2.53. The molecule has 15 heavy (non-hydrogen) atoms. The summed E-state index contributed by atoms with van der Waals surface area (Å²) in [5.41, 5.74) is 1.01. The lowest BCUT2D eigenvalue weighted by molar-refractivity contribution is 0.250. The van der Waals surface area contributed by atoms with Gasteiger partial charge in [-0.3, -0.25) is 5.32 Å². The number of carbonyl (C=O) groups excluding carboxylic acids is 1. The van der Waals surface area contributed by atoms with E-state index < -0.39 is 0 Å². The molecule has 0 bridgehead atoms. The van der Waals surface area contributed by atoms with Gasteiger partial charge in [0.25, 0.3) is 0 Å². The van der Waals surface area contributed by atoms with Crippen molar-refractivity contribution in [3.63, 3.8) is 0 Å². The average molecular weight is 227 g/mol. The van der Waals surface area contributed by atoms with Crippen molar-refractivity contribution in [3.05, 3.63) is 11.1 Å². The fourth-order valence-corrected chi connectivity index (χ4v) is 1.87. The van der Waals surface area contributed by atoms with E-state index in [1.807, 2.05) is 19.2 Å². The number of nitrogens with zero attached hydrogens (tertiary/aromatic N) is 1. The van der Waals surface area contributed by atoms with Crippen molar-refractivity contribution in [2.45, 2.75) is 39.7 Å². The van der Waals surface area contributed by atoms with Gasteiger partial charge >= 0.3 is 6.03 Å². The maximum absolute atomic E-state index is 11.3. The molecule has 0 spiro atoms. The quantitative estimate of drug-likeness (QED) is 0.834.